The van der Waals surface area contributed by atoms with Crippen LogP contribution in [0.5, 0.6) is 0 Å². The Morgan fingerprint density at radius 1 is 1.41 bits per heavy atom. The summed E-state index contributed by atoms with van der Waals surface area (Å²) in [6, 6.07) is 0.327. The van der Waals surface area contributed by atoms with Gasteiger partial charge in [0.15, 0.2) is 0 Å². The lowest BCUT2D eigenvalue weighted by Crippen LogP contribution is -2.21. The lowest BCUT2D eigenvalue weighted by molar-refractivity contribution is 0.0693. The maximum absolute atomic E-state index is 5.39. The third-order valence-electron chi connectivity index (χ3n) is 2.36. The van der Waals surface area contributed by atoms with Gasteiger partial charge in [-0.3, -0.25) is 0 Å². The highest BCUT2D eigenvalue weighted by atomic mass is 32.1. The molecule has 0 amide bonds. The lowest BCUT2D eigenvalue weighted by atomic mass is 10.3. The predicted octanol–water partition coefficient (Wildman–Crippen LogP) is 2.16. The van der Waals surface area contributed by atoms with Crippen molar-refractivity contribution >= 4 is 11.3 Å². The topological polar surface area (TPSA) is 43.4 Å². The first-order valence-corrected chi connectivity index (χ1v) is 6.78. The van der Waals surface area contributed by atoms with Gasteiger partial charge in [-0.25, -0.2) is 4.98 Å². The molecular formula is C12H22N2O2S. The van der Waals surface area contributed by atoms with Crippen molar-refractivity contribution < 1.29 is 9.47 Å². The largest absolute Gasteiger partial charge is 0.382 e. The summed E-state index contributed by atoms with van der Waals surface area (Å²) in [5.41, 5.74) is 0. The summed E-state index contributed by atoms with van der Waals surface area (Å²) in [6.45, 7) is 7.30. The van der Waals surface area contributed by atoms with E-state index in [4.69, 9.17) is 9.47 Å². The molecule has 4 nitrogen and oxygen atoms in total. The highest BCUT2D eigenvalue weighted by molar-refractivity contribution is 7.11. The highest BCUT2D eigenvalue weighted by Gasteiger charge is 2.07. The van der Waals surface area contributed by atoms with Crippen molar-refractivity contribution in [1.29, 1.82) is 0 Å². The van der Waals surface area contributed by atoms with Crippen LogP contribution in [0.25, 0.3) is 0 Å². The van der Waals surface area contributed by atoms with Crippen LogP contribution < -0.4 is 5.32 Å². The zero-order valence-corrected chi connectivity index (χ0v) is 11.7. The molecule has 1 unspecified atom stereocenters. The molecule has 0 fully saturated rings. The zero-order valence-electron chi connectivity index (χ0n) is 10.9. The van der Waals surface area contributed by atoms with E-state index in [0.29, 0.717) is 19.3 Å². The minimum Gasteiger partial charge on any atom is -0.382 e. The van der Waals surface area contributed by atoms with E-state index < -0.39 is 0 Å². The monoisotopic (exact) mass is 258 g/mol. The fourth-order valence-corrected chi connectivity index (χ4v) is 2.20. The average Bonchev–Trinajstić information content (AvgIpc) is 2.74. The molecule has 0 aliphatic heterocycles. The lowest BCUT2D eigenvalue weighted by Gasteiger charge is -2.10. The average molecular weight is 258 g/mol. The minimum atomic E-state index is 0.327. The van der Waals surface area contributed by atoms with E-state index >= 15 is 0 Å². The minimum absolute atomic E-state index is 0.327. The molecule has 98 valence electrons. The van der Waals surface area contributed by atoms with Gasteiger partial charge in [-0.05, 0) is 26.8 Å². The van der Waals surface area contributed by atoms with E-state index in [9.17, 15) is 0 Å². The van der Waals surface area contributed by atoms with Crippen LogP contribution in [0.15, 0.2) is 6.20 Å². The second-order valence-corrected chi connectivity index (χ2v) is 5.21. The maximum atomic E-state index is 5.39. The van der Waals surface area contributed by atoms with Crippen LogP contribution in [-0.4, -0.2) is 38.5 Å². The van der Waals surface area contributed by atoms with Gasteiger partial charge < -0.3 is 14.8 Å². The Morgan fingerprint density at radius 2 is 2.24 bits per heavy atom. The third kappa shape index (κ3) is 6.12. The first-order valence-electron chi connectivity index (χ1n) is 5.96. The van der Waals surface area contributed by atoms with E-state index in [2.05, 4.69) is 24.1 Å². The van der Waals surface area contributed by atoms with Crippen molar-refractivity contribution in [3.63, 3.8) is 0 Å². The number of hydrogen-bond donors (Lipinski definition) is 1. The summed E-state index contributed by atoms with van der Waals surface area (Å²) >= 11 is 1.75. The van der Waals surface area contributed by atoms with Crippen LogP contribution in [0.1, 0.15) is 29.3 Å². The molecule has 0 saturated carbocycles. The summed E-state index contributed by atoms with van der Waals surface area (Å²) in [5.74, 6) is 0. The molecule has 1 N–H and O–H groups in total. The molecule has 0 aliphatic carbocycles. The maximum Gasteiger partial charge on any atom is 0.109 e. The molecule has 17 heavy (non-hydrogen) atoms. The number of thiazole rings is 1. The van der Waals surface area contributed by atoms with Crippen LogP contribution in [0.3, 0.4) is 0 Å². The van der Waals surface area contributed by atoms with Gasteiger partial charge >= 0.3 is 0 Å². The van der Waals surface area contributed by atoms with Gasteiger partial charge in [0.2, 0.25) is 0 Å². The van der Waals surface area contributed by atoms with Gasteiger partial charge in [-0.15, -0.1) is 11.3 Å². The summed E-state index contributed by atoms with van der Waals surface area (Å²) in [6.07, 6.45) is 2.93. The zero-order chi connectivity index (χ0) is 12.5. The van der Waals surface area contributed by atoms with Gasteiger partial charge in [-0.2, -0.15) is 0 Å². The smallest absolute Gasteiger partial charge is 0.109 e. The molecule has 1 heterocycles. The Bertz CT molecular complexity index is 304. The van der Waals surface area contributed by atoms with Gasteiger partial charge in [-0.1, -0.05) is 0 Å². The van der Waals surface area contributed by atoms with Crippen LogP contribution in [0.2, 0.25) is 0 Å². The summed E-state index contributed by atoms with van der Waals surface area (Å²) in [5, 5.41) is 4.60. The van der Waals surface area contributed by atoms with E-state index in [1.807, 2.05) is 6.20 Å². The predicted molar refractivity (Wildman–Crippen MR) is 70.6 cm³/mol. The number of nitrogens with one attached hydrogen (secondary N) is 1. The van der Waals surface area contributed by atoms with E-state index in [0.717, 1.165) is 24.6 Å². The van der Waals surface area contributed by atoms with Crippen LogP contribution in [0.4, 0.5) is 0 Å². The van der Waals surface area contributed by atoms with Crippen molar-refractivity contribution in [2.24, 2.45) is 0 Å². The summed E-state index contributed by atoms with van der Waals surface area (Å²) < 4.78 is 10.3. The van der Waals surface area contributed by atoms with E-state index in [1.165, 1.54) is 4.88 Å². The Balaban J connectivity index is 2.03. The van der Waals surface area contributed by atoms with Crippen molar-refractivity contribution in [2.75, 3.05) is 33.5 Å². The number of methoxy groups -OCH3 is 1. The fraction of sp³-hybridized carbons (Fsp3) is 0.750. The molecule has 5 heteroatoms. The molecule has 0 bridgehead atoms. The number of aryl methyl sites for hydroxylation is 1. The Morgan fingerprint density at radius 3 is 2.88 bits per heavy atom. The fourth-order valence-electron chi connectivity index (χ4n) is 1.40. The molecule has 0 radical (unpaired) electrons. The molecule has 0 spiro atoms. The Hall–Kier alpha value is -0.490. The van der Waals surface area contributed by atoms with Crippen molar-refractivity contribution in [3.05, 3.63) is 16.1 Å². The van der Waals surface area contributed by atoms with Crippen molar-refractivity contribution in [2.45, 2.75) is 26.3 Å². The van der Waals surface area contributed by atoms with Gasteiger partial charge in [0, 0.05) is 24.8 Å². The number of ether oxygens (including phenoxy) is 2. The highest BCUT2D eigenvalue weighted by Crippen LogP contribution is 2.18. The van der Waals surface area contributed by atoms with Crippen LogP contribution in [-0.2, 0) is 9.47 Å². The summed E-state index contributed by atoms with van der Waals surface area (Å²) in [7, 11) is 1.68. The van der Waals surface area contributed by atoms with Gasteiger partial charge in [0.25, 0.3) is 0 Å². The number of nitrogens with zero attached hydrogens (tertiary/aromatic N) is 1. The van der Waals surface area contributed by atoms with Gasteiger partial charge in [0.05, 0.1) is 19.3 Å². The SMILES string of the molecule is COCCOCCCNC(C)c1ncc(C)s1. The molecule has 1 atom stereocenters. The van der Waals surface area contributed by atoms with E-state index in [-0.39, 0.29) is 0 Å². The first kappa shape index (κ1) is 14.6. The number of rotatable bonds is 9. The third-order valence-corrected chi connectivity index (χ3v) is 3.45. The molecule has 0 aliphatic rings. The Labute approximate surface area is 107 Å². The Kier molecular flexibility index (Phi) is 7.35. The molecule has 1 aromatic rings. The second-order valence-electron chi connectivity index (χ2n) is 3.94. The number of aromatic nitrogens is 1. The molecule has 0 aromatic carbocycles. The number of hydrogen-bond acceptors (Lipinski definition) is 5. The quantitative estimate of drug-likeness (QED) is 0.689. The molecular weight excluding hydrogens is 236 g/mol. The van der Waals surface area contributed by atoms with Gasteiger partial charge in [0.1, 0.15) is 5.01 Å². The molecule has 1 aromatic heterocycles. The van der Waals surface area contributed by atoms with Crippen LogP contribution in [0, 0.1) is 6.92 Å². The summed E-state index contributed by atoms with van der Waals surface area (Å²) in [4.78, 5) is 5.62. The van der Waals surface area contributed by atoms with E-state index in [1.54, 1.807) is 18.4 Å². The normalized spacial score (nSPS) is 12.9. The first-order chi connectivity index (χ1) is 8.24. The molecule has 0 saturated heterocycles. The standard InChI is InChI=1S/C12H22N2O2S/c1-10-9-14-12(17-10)11(2)13-5-4-6-16-8-7-15-3/h9,11,13H,4-8H2,1-3H3. The van der Waals surface area contributed by atoms with Crippen molar-refractivity contribution in [1.82, 2.24) is 10.3 Å². The molecule has 1 rings (SSSR count). The van der Waals surface area contributed by atoms with Crippen molar-refractivity contribution in [3.8, 4) is 0 Å². The second kappa shape index (κ2) is 8.58. The van der Waals surface area contributed by atoms with Crippen LogP contribution >= 0.6 is 11.3 Å².